The van der Waals surface area contributed by atoms with Gasteiger partial charge in [0.1, 0.15) is 17.7 Å². The first kappa shape index (κ1) is 29.8. The lowest BCUT2D eigenvalue weighted by atomic mass is 10.00. The second-order valence-electron chi connectivity index (χ2n) is 9.47. The first-order valence-corrected chi connectivity index (χ1v) is 13.6. The topological polar surface area (TPSA) is 87.7 Å². The first-order valence-electron chi connectivity index (χ1n) is 12.2. The van der Waals surface area contributed by atoms with Crippen molar-refractivity contribution >= 4 is 29.7 Å². The quantitative estimate of drug-likeness (QED) is 0.384. The average Bonchev–Trinajstić information content (AvgIpc) is 2.75. The molecule has 0 saturated heterocycles. The smallest absolute Gasteiger partial charge is 0.408 e. The predicted molar refractivity (Wildman–Crippen MR) is 140 cm³/mol. The average molecular weight is 494 g/mol. The number of benzene rings is 1. The maximum Gasteiger partial charge on any atom is 0.408 e. The van der Waals surface area contributed by atoms with Crippen molar-refractivity contribution in [3.63, 3.8) is 0 Å². The summed E-state index contributed by atoms with van der Waals surface area (Å²) in [7, 11) is 0. The Morgan fingerprint density at radius 3 is 2.41 bits per heavy atom. The summed E-state index contributed by atoms with van der Waals surface area (Å²) in [5.74, 6) is 0.199. The summed E-state index contributed by atoms with van der Waals surface area (Å²) < 4.78 is 5.40. The van der Waals surface area contributed by atoms with Crippen LogP contribution in [0.4, 0.5) is 4.79 Å². The number of ether oxygens (including phenoxy) is 1. The molecule has 0 saturated carbocycles. The van der Waals surface area contributed by atoms with Gasteiger partial charge in [-0.15, -0.1) is 0 Å². The maximum absolute atomic E-state index is 13.8. The van der Waals surface area contributed by atoms with Gasteiger partial charge in [-0.2, -0.15) is 11.8 Å². The molecular weight excluding hydrogens is 450 g/mol. The van der Waals surface area contributed by atoms with Gasteiger partial charge in [-0.3, -0.25) is 9.59 Å². The highest BCUT2D eigenvalue weighted by Gasteiger charge is 2.35. The molecule has 0 bridgehead atoms. The fraction of sp³-hybridized carbons (Fsp3) is 0.654. The normalized spacial score (nSPS) is 13.0. The van der Waals surface area contributed by atoms with E-state index in [2.05, 4.69) is 17.6 Å². The van der Waals surface area contributed by atoms with E-state index in [1.807, 2.05) is 44.4 Å². The van der Waals surface area contributed by atoms with Crippen molar-refractivity contribution in [1.29, 1.82) is 0 Å². The lowest BCUT2D eigenvalue weighted by molar-refractivity contribution is -0.142. The van der Waals surface area contributed by atoms with Crippen molar-refractivity contribution in [2.45, 2.75) is 84.9 Å². The molecule has 1 aromatic carbocycles. The van der Waals surface area contributed by atoms with Gasteiger partial charge in [-0.25, -0.2) is 4.79 Å². The molecule has 2 N–H and O–H groups in total. The van der Waals surface area contributed by atoms with Crippen molar-refractivity contribution in [3.8, 4) is 0 Å². The molecule has 0 aliphatic heterocycles. The largest absolute Gasteiger partial charge is 0.444 e. The van der Waals surface area contributed by atoms with Crippen LogP contribution in [0.3, 0.4) is 0 Å². The minimum Gasteiger partial charge on any atom is -0.444 e. The second kappa shape index (κ2) is 14.9. The Balaban J connectivity index is 3.33. The summed E-state index contributed by atoms with van der Waals surface area (Å²) in [6, 6.07) is 6.12. The monoisotopic (exact) mass is 493 g/mol. The summed E-state index contributed by atoms with van der Waals surface area (Å²) in [5.41, 5.74) is 1.10. The van der Waals surface area contributed by atoms with Gasteiger partial charge in [0.25, 0.3) is 0 Å². The van der Waals surface area contributed by atoms with Crippen LogP contribution < -0.4 is 10.6 Å². The number of unbranched alkanes of at least 4 members (excludes halogenated alkanes) is 1. The van der Waals surface area contributed by atoms with Crippen molar-refractivity contribution < 1.29 is 19.1 Å². The molecular formula is C26H43N3O4S. The Morgan fingerprint density at radius 1 is 1.15 bits per heavy atom. The van der Waals surface area contributed by atoms with E-state index in [4.69, 9.17) is 4.74 Å². The van der Waals surface area contributed by atoms with Crippen LogP contribution in [0.15, 0.2) is 24.3 Å². The lowest BCUT2D eigenvalue weighted by Gasteiger charge is -2.34. The number of alkyl carbamates (subject to hydrolysis) is 1. The number of hydrogen-bond donors (Lipinski definition) is 2. The highest BCUT2D eigenvalue weighted by atomic mass is 32.2. The van der Waals surface area contributed by atoms with E-state index in [1.165, 1.54) is 0 Å². The number of amides is 3. The van der Waals surface area contributed by atoms with E-state index in [0.717, 1.165) is 24.0 Å². The van der Waals surface area contributed by atoms with Gasteiger partial charge in [0.05, 0.1) is 0 Å². The Labute approximate surface area is 209 Å². The molecule has 0 fully saturated rings. The molecule has 2 unspecified atom stereocenters. The number of nitrogens with one attached hydrogen (secondary N) is 2. The van der Waals surface area contributed by atoms with Crippen molar-refractivity contribution in [2.75, 3.05) is 25.1 Å². The zero-order valence-electron chi connectivity index (χ0n) is 21.9. The molecule has 34 heavy (non-hydrogen) atoms. The molecule has 0 heterocycles. The zero-order valence-corrected chi connectivity index (χ0v) is 22.7. The molecule has 0 aromatic heterocycles. The Bertz CT molecular complexity index is 794. The zero-order chi connectivity index (χ0) is 25.7. The third kappa shape index (κ3) is 10.4. The summed E-state index contributed by atoms with van der Waals surface area (Å²) in [6.45, 7) is 12.3. The maximum atomic E-state index is 13.8. The van der Waals surface area contributed by atoms with E-state index >= 15 is 0 Å². The minimum atomic E-state index is -0.787. The highest BCUT2D eigenvalue weighted by molar-refractivity contribution is 7.98. The standard InChI is InChI=1S/C26H43N3O4S/c1-8-10-15-27-23(30)22(20-13-11-12-19(3)18-20)29(16-9-2)24(31)21(14-17-34-7)28-25(32)33-26(4,5)6/h11-13,18,21-22H,8-10,14-17H2,1-7H3,(H,27,30)(H,28,32). The van der Waals surface area contributed by atoms with Gasteiger partial charge in [0.2, 0.25) is 11.8 Å². The van der Waals surface area contributed by atoms with E-state index in [1.54, 1.807) is 37.4 Å². The summed E-state index contributed by atoms with van der Waals surface area (Å²) >= 11 is 1.60. The predicted octanol–water partition coefficient (Wildman–Crippen LogP) is 4.84. The number of rotatable bonds is 13. The molecule has 192 valence electrons. The van der Waals surface area contributed by atoms with Crippen LogP contribution in [0.5, 0.6) is 0 Å². The number of aryl methyl sites for hydroxylation is 1. The fourth-order valence-electron chi connectivity index (χ4n) is 3.55. The van der Waals surface area contributed by atoms with Gasteiger partial charge >= 0.3 is 6.09 Å². The Hall–Kier alpha value is -2.22. The van der Waals surface area contributed by atoms with Crippen LogP contribution in [0.25, 0.3) is 0 Å². The number of nitrogens with zero attached hydrogens (tertiary/aromatic N) is 1. The fourth-order valence-corrected chi connectivity index (χ4v) is 4.02. The number of carbonyl (C=O) groups is 3. The minimum absolute atomic E-state index is 0.207. The van der Waals surface area contributed by atoms with E-state index in [0.29, 0.717) is 31.7 Å². The SMILES string of the molecule is CCCCNC(=O)C(c1cccc(C)c1)N(CCC)C(=O)C(CCSC)NC(=O)OC(C)(C)C. The van der Waals surface area contributed by atoms with Crippen LogP contribution in [0.1, 0.15) is 77.5 Å². The molecule has 7 nitrogen and oxygen atoms in total. The number of carbonyl (C=O) groups excluding carboxylic acids is 3. The van der Waals surface area contributed by atoms with Gasteiger partial charge in [0.15, 0.2) is 0 Å². The van der Waals surface area contributed by atoms with E-state index in [-0.39, 0.29) is 11.8 Å². The summed E-state index contributed by atoms with van der Waals surface area (Å²) in [4.78, 5) is 41.3. The molecule has 1 rings (SSSR count). The van der Waals surface area contributed by atoms with Crippen LogP contribution >= 0.6 is 11.8 Å². The van der Waals surface area contributed by atoms with Gasteiger partial charge in [0, 0.05) is 13.1 Å². The second-order valence-corrected chi connectivity index (χ2v) is 10.5. The summed E-state index contributed by atoms with van der Waals surface area (Å²) in [5, 5.41) is 5.76. The third-order valence-corrected chi connectivity index (χ3v) is 5.74. The van der Waals surface area contributed by atoms with Crippen LogP contribution in [-0.2, 0) is 14.3 Å². The van der Waals surface area contributed by atoms with Gasteiger partial charge in [-0.05, 0) is 64.5 Å². The van der Waals surface area contributed by atoms with Gasteiger partial charge in [-0.1, -0.05) is 50.1 Å². The molecule has 0 spiro atoms. The van der Waals surface area contributed by atoms with Gasteiger partial charge < -0.3 is 20.3 Å². The van der Waals surface area contributed by atoms with Crippen LogP contribution in [-0.4, -0.2) is 59.5 Å². The van der Waals surface area contributed by atoms with Crippen molar-refractivity contribution in [3.05, 3.63) is 35.4 Å². The number of hydrogen-bond acceptors (Lipinski definition) is 5. The molecule has 0 radical (unpaired) electrons. The highest BCUT2D eigenvalue weighted by Crippen LogP contribution is 2.24. The van der Waals surface area contributed by atoms with Crippen molar-refractivity contribution in [1.82, 2.24) is 15.5 Å². The third-order valence-electron chi connectivity index (χ3n) is 5.09. The molecule has 0 aliphatic carbocycles. The molecule has 1 aromatic rings. The van der Waals surface area contributed by atoms with Crippen LogP contribution in [0, 0.1) is 6.92 Å². The first-order chi connectivity index (χ1) is 16.0. The Morgan fingerprint density at radius 2 is 1.85 bits per heavy atom. The van der Waals surface area contributed by atoms with Crippen LogP contribution in [0.2, 0.25) is 0 Å². The Kier molecular flexibility index (Phi) is 13.1. The molecule has 3 amide bonds. The summed E-state index contributed by atoms with van der Waals surface area (Å²) in [6.07, 6.45) is 4.27. The lowest BCUT2D eigenvalue weighted by Crippen LogP contribution is -2.53. The van der Waals surface area contributed by atoms with E-state index < -0.39 is 23.8 Å². The molecule has 2 atom stereocenters. The van der Waals surface area contributed by atoms with E-state index in [9.17, 15) is 14.4 Å². The molecule has 0 aliphatic rings. The molecule has 8 heteroatoms. The number of thioether (sulfide) groups is 1. The van der Waals surface area contributed by atoms with Crippen molar-refractivity contribution in [2.24, 2.45) is 0 Å².